The van der Waals surface area contributed by atoms with Crippen LogP contribution in [0.15, 0.2) is 36.5 Å². The Morgan fingerprint density at radius 2 is 0.692 bits per heavy atom. The topological polar surface area (TPSA) is 108 Å². The summed E-state index contributed by atoms with van der Waals surface area (Å²) in [5.41, 5.74) is 0. The molecule has 0 radical (unpaired) electrons. The Morgan fingerprint density at radius 3 is 1.05 bits per heavy atom. The molecule has 0 aliphatic rings. The molecule has 9 nitrogen and oxygen atoms in total. The number of ether oxygens (including phenoxy) is 4. The number of hydrogen-bond donors (Lipinski definition) is 1. The number of nitrogens with zero attached hydrogens (tertiary/aromatic N) is 1. The molecular weight excluding hydrogens is 971 g/mol. The predicted molar refractivity (Wildman–Crippen MR) is 332 cm³/mol. The normalized spacial score (nSPS) is 12.9. The fourth-order valence-corrected chi connectivity index (χ4v) is 9.92. The molecule has 0 spiro atoms. The largest absolute Gasteiger partial charge is 0.477 e. The number of unbranched alkanes of at least 4 members (excludes halogenated alkanes) is 42. The van der Waals surface area contributed by atoms with Gasteiger partial charge in [0.2, 0.25) is 0 Å². The van der Waals surface area contributed by atoms with Crippen molar-refractivity contribution in [3.8, 4) is 0 Å². The van der Waals surface area contributed by atoms with E-state index in [1.165, 1.54) is 238 Å². The van der Waals surface area contributed by atoms with E-state index in [9.17, 15) is 19.5 Å². The molecular formula is C69H130NO8+. The molecule has 0 saturated carbocycles. The number of carbonyl (C=O) groups excluding carboxylic acids is 2. The van der Waals surface area contributed by atoms with Crippen molar-refractivity contribution >= 4 is 17.9 Å². The fourth-order valence-electron chi connectivity index (χ4n) is 9.92. The molecule has 0 aromatic heterocycles. The summed E-state index contributed by atoms with van der Waals surface area (Å²) in [7, 11) is 5.97. The van der Waals surface area contributed by atoms with Crippen LogP contribution in [0.3, 0.4) is 0 Å². The van der Waals surface area contributed by atoms with Crippen molar-refractivity contribution < 1.29 is 42.9 Å². The van der Waals surface area contributed by atoms with Crippen molar-refractivity contribution in [1.29, 1.82) is 0 Å². The van der Waals surface area contributed by atoms with Gasteiger partial charge in [0, 0.05) is 12.8 Å². The van der Waals surface area contributed by atoms with Gasteiger partial charge in [0.15, 0.2) is 6.10 Å². The zero-order valence-corrected chi connectivity index (χ0v) is 52.3. The second-order valence-electron chi connectivity index (χ2n) is 24.1. The number of hydrogen-bond acceptors (Lipinski definition) is 7. The van der Waals surface area contributed by atoms with E-state index < -0.39 is 24.3 Å². The van der Waals surface area contributed by atoms with Crippen LogP contribution in [0, 0.1) is 0 Å². The number of carboxylic acid groups (broad SMARTS) is 1. The summed E-state index contributed by atoms with van der Waals surface area (Å²) in [5, 5.41) is 9.70. The Kier molecular flexibility index (Phi) is 58.7. The Balaban J connectivity index is 3.86. The van der Waals surface area contributed by atoms with Gasteiger partial charge in [-0.15, -0.1) is 0 Å². The van der Waals surface area contributed by atoms with Crippen molar-refractivity contribution in [2.75, 3.05) is 47.5 Å². The summed E-state index contributed by atoms with van der Waals surface area (Å²) in [4.78, 5) is 37.4. The van der Waals surface area contributed by atoms with Gasteiger partial charge in [0.05, 0.1) is 34.4 Å². The lowest BCUT2D eigenvalue weighted by Gasteiger charge is -2.25. The average Bonchev–Trinajstić information content (AvgIpc) is 3.41. The molecule has 0 aromatic rings. The summed E-state index contributed by atoms with van der Waals surface area (Å²) < 4.78 is 22.9. The maximum absolute atomic E-state index is 12.9. The van der Waals surface area contributed by atoms with Gasteiger partial charge >= 0.3 is 17.9 Å². The average molecular weight is 1100 g/mol. The highest BCUT2D eigenvalue weighted by Gasteiger charge is 2.25. The van der Waals surface area contributed by atoms with Crippen LogP contribution in [0.2, 0.25) is 0 Å². The molecule has 2 unspecified atom stereocenters. The van der Waals surface area contributed by atoms with Gasteiger partial charge < -0.3 is 28.5 Å². The van der Waals surface area contributed by atoms with E-state index in [1.54, 1.807) is 0 Å². The number of aliphatic carboxylic acids is 1. The highest BCUT2D eigenvalue weighted by atomic mass is 16.7. The van der Waals surface area contributed by atoms with E-state index in [4.69, 9.17) is 18.9 Å². The number of allylic oxidation sites excluding steroid dienone is 6. The molecule has 78 heavy (non-hydrogen) atoms. The molecule has 0 bridgehead atoms. The molecule has 9 heteroatoms. The third-order valence-corrected chi connectivity index (χ3v) is 15.1. The third kappa shape index (κ3) is 61.1. The first-order valence-corrected chi connectivity index (χ1v) is 33.7. The van der Waals surface area contributed by atoms with E-state index in [1.807, 2.05) is 21.1 Å². The second-order valence-corrected chi connectivity index (χ2v) is 24.1. The van der Waals surface area contributed by atoms with Crippen LogP contribution < -0.4 is 0 Å². The number of rotatable bonds is 63. The van der Waals surface area contributed by atoms with Gasteiger partial charge in [-0.05, 0) is 70.6 Å². The molecule has 1 N–H and O–H groups in total. The smallest absolute Gasteiger partial charge is 0.361 e. The summed E-state index contributed by atoms with van der Waals surface area (Å²) in [6.07, 6.45) is 72.9. The molecule has 458 valence electrons. The van der Waals surface area contributed by atoms with Crippen LogP contribution in [-0.2, 0) is 33.3 Å². The molecule has 0 amide bonds. The van der Waals surface area contributed by atoms with Crippen LogP contribution in [0.1, 0.15) is 328 Å². The Morgan fingerprint density at radius 1 is 0.385 bits per heavy atom. The number of carbonyl (C=O) groups is 3. The maximum Gasteiger partial charge on any atom is 0.361 e. The standard InChI is InChI=1S/C69H129NO8/c1-6-8-10-12-14-16-18-20-21-22-23-24-25-26-27-28-29-30-31-32-33-34-35-36-37-38-39-40-41-42-43-44-45-46-47-48-50-52-54-56-58-60-67(72)78-65(64-77-69(68(73)74)75-62-61-70(3,4)5)63-76-66(71)59-57-55-53-51-49-19-17-15-13-11-9-7-2/h15,17-18,20,22-23,65,69H,6-14,16,19,21,24-64H2,1-5H3/p+1/b17-15-,20-18-,23-22-. The minimum absolute atomic E-state index is 0.182. The van der Waals surface area contributed by atoms with Crippen LogP contribution in [0.5, 0.6) is 0 Å². The molecule has 0 rings (SSSR count). The first-order valence-electron chi connectivity index (χ1n) is 33.7. The lowest BCUT2D eigenvalue weighted by molar-refractivity contribution is -0.870. The van der Waals surface area contributed by atoms with E-state index in [0.717, 1.165) is 64.2 Å². The van der Waals surface area contributed by atoms with Crippen LogP contribution in [0.4, 0.5) is 0 Å². The van der Waals surface area contributed by atoms with Crippen molar-refractivity contribution in [2.24, 2.45) is 0 Å². The molecule has 0 aliphatic heterocycles. The monoisotopic (exact) mass is 1100 g/mol. The van der Waals surface area contributed by atoms with Gasteiger partial charge in [0.1, 0.15) is 13.2 Å². The molecule has 0 saturated heterocycles. The Bertz CT molecular complexity index is 1370. The molecule has 0 heterocycles. The lowest BCUT2D eigenvalue weighted by atomic mass is 10.0. The number of esters is 2. The van der Waals surface area contributed by atoms with Crippen molar-refractivity contribution in [2.45, 2.75) is 341 Å². The zero-order valence-electron chi connectivity index (χ0n) is 52.3. The summed E-state index contributed by atoms with van der Waals surface area (Å²) >= 11 is 0. The first-order chi connectivity index (χ1) is 38.1. The maximum atomic E-state index is 12.9. The molecule has 0 aromatic carbocycles. The van der Waals surface area contributed by atoms with Gasteiger partial charge in [-0.3, -0.25) is 9.59 Å². The van der Waals surface area contributed by atoms with E-state index >= 15 is 0 Å². The number of quaternary nitrogens is 1. The van der Waals surface area contributed by atoms with Crippen molar-refractivity contribution in [3.05, 3.63) is 36.5 Å². The summed E-state index contributed by atoms with van der Waals surface area (Å²) in [6, 6.07) is 0. The third-order valence-electron chi connectivity index (χ3n) is 15.1. The van der Waals surface area contributed by atoms with Gasteiger partial charge in [-0.1, -0.05) is 281 Å². The lowest BCUT2D eigenvalue weighted by Crippen LogP contribution is -2.40. The zero-order chi connectivity index (χ0) is 56.9. The minimum atomic E-state index is -1.51. The molecule has 2 atom stereocenters. The van der Waals surface area contributed by atoms with Gasteiger partial charge in [-0.25, -0.2) is 4.79 Å². The van der Waals surface area contributed by atoms with E-state index in [2.05, 4.69) is 50.3 Å². The fraction of sp³-hybridized carbons (Fsp3) is 0.870. The predicted octanol–water partition coefficient (Wildman–Crippen LogP) is 20.4. The summed E-state index contributed by atoms with van der Waals surface area (Å²) in [5.74, 6) is -2.00. The summed E-state index contributed by atoms with van der Waals surface area (Å²) in [6.45, 7) is 4.87. The minimum Gasteiger partial charge on any atom is -0.477 e. The van der Waals surface area contributed by atoms with Crippen LogP contribution in [-0.4, -0.2) is 87.4 Å². The van der Waals surface area contributed by atoms with Gasteiger partial charge in [-0.2, -0.15) is 0 Å². The number of carboxylic acids is 1. The van der Waals surface area contributed by atoms with Gasteiger partial charge in [0.25, 0.3) is 6.29 Å². The quantitative estimate of drug-likeness (QED) is 0.0211. The number of likely N-dealkylation sites (N-methyl/N-ethyl adjacent to an activating group) is 1. The van der Waals surface area contributed by atoms with E-state index in [-0.39, 0.29) is 32.2 Å². The SMILES string of the molecule is CCCCC/C=C\CCCCCCCC(=O)OCC(COC(OCC[N+](C)(C)C)C(=O)O)OC(=O)CCCCCCCCCCCCCCCCCCCCCCCCCCCCCCC/C=C\C/C=C\CCCCCCC. The van der Waals surface area contributed by atoms with Crippen LogP contribution in [0.25, 0.3) is 0 Å². The first kappa shape index (κ1) is 75.5. The van der Waals surface area contributed by atoms with Crippen LogP contribution >= 0.6 is 0 Å². The van der Waals surface area contributed by atoms with Crippen molar-refractivity contribution in [1.82, 2.24) is 0 Å². The van der Waals surface area contributed by atoms with Crippen molar-refractivity contribution in [3.63, 3.8) is 0 Å². The highest BCUT2D eigenvalue weighted by Crippen LogP contribution is 2.18. The second kappa shape index (κ2) is 60.6. The molecule has 0 fully saturated rings. The highest BCUT2D eigenvalue weighted by molar-refractivity contribution is 5.71. The molecule has 0 aliphatic carbocycles. The van der Waals surface area contributed by atoms with E-state index in [0.29, 0.717) is 17.4 Å². The Labute approximate surface area is 483 Å². The Hall–Kier alpha value is -2.49.